The summed E-state index contributed by atoms with van der Waals surface area (Å²) in [5, 5.41) is 4.23. The van der Waals surface area contributed by atoms with Gasteiger partial charge in [-0.15, -0.1) is 0 Å². The first-order valence-electron chi connectivity index (χ1n) is 10.9. The number of likely N-dealkylation sites (tertiary alicyclic amines) is 1. The average molecular weight is 517 g/mol. The molecule has 1 N–H and O–H groups in total. The van der Waals surface area contributed by atoms with Crippen LogP contribution in [-0.2, 0) is 9.47 Å². The summed E-state index contributed by atoms with van der Waals surface area (Å²) < 4.78 is 23.8. The Bertz CT molecular complexity index is 1090. The monoisotopic (exact) mass is 516 g/mol. The van der Waals surface area contributed by atoms with Gasteiger partial charge in [0.25, 0.3) is 0 Å². The van der Waals surface area contributed by atoms with Crippen LogP contribution in [0.5, 0.6) is 11.5 Å². The number of nitrogens with zero attached hydrogens (tertiary/aromatic N) is 3. The Hall–Kier alpha value is -2.46. The van der Waals surface area contributed by atoms with Crippen molar-refractivity contribution in [3.05, 3.63) is 47.2 Å². The van der Waals surface area contributed by atoms with Crippen LogP contribution in [0.4, 0.5) is 11.5 Å². The fourth-order valence-corrected chi connectivity index (χ4v) is 4.44. The molecule has 1 saturated heterocycles. The topological polar surface area (TPSA) is 78.0 Å². The summed E-state index contributed by atoms with van der Waals surface area (Å²) >= 11 is 3.50. The van der Waals surface area contributed by atoms with E-state index in [1.54, 1.807) is 27.7 Å². The number of methoxy groups -OCH3 is 3. The average Bonchev–Trinajstić information content (AvgIpc) is 3.25. The smallest absolute Gasteiger partial charge is 0.181 e. The third kappa shape index (κ3) is 5.55. The Morgan fingerprint density at radius 2 is 1.94 bits per heavy atom. The van der Waals surface area contributed by atoms with Crippen molar-refractivity contribution >= 4 is 38.3 Å². The molecule has 0 atom stereocenters. The van der Waals surface area contributed by atoms with E-state index in [2.05, 4.69) is 36.1 Å². The SMILES string of the molecule is COc1cc2ncnc(Nc3cccc(Br)c3)c2cc1OCCCN1CCC(OC)(OC)C1. The largest absolute Gasteiger partial charge is 0.493 e. The number of fused-ring (bicyclic) bond motifs is 1. The highest BCUT2D eigenvalue weighted by Gasteiger charge is 2.37. The highest BCUT2D eigenvalue weighted by atomic mass is 79.9. The van der Waals surface area contributed by atoms with Gasteiger partial charge in [-0.05, 0) is 30.7 Å². The minimum atomic E-state index is -0.486. The van der Waals surface area contributed by atoms with Gasteiger partial charge in [-0.25, -0.2) is 9.97 Å². The van der Waals surface area contributed by atoms with Gasteiger partial charge in [0.05, 0.1) is 25.8 Å². The van der Waals surface area contributed by atoms with Crippen LogP contribution in [0.3, 0.4) is 0 Å². The quantitative estimate of drug-likeness (QED) is 0.309. The lowest BCUT2D eigenvalue weighted by molar-refractivity contribution is -0.195. The van der Waals surface area contributed by atoms with Crippen LogP contribution in [0.15, 0.2) is 47.2 Å². The van der Waals surface area contributed by atoms with Gasteiger partial charge < -0.3 is 24.3 Å². The highest BCUT2D eigenvalue weighted by molar-refractivity contribution is 9.10. The number of nitrogens with one attached hydrogen (secondary N) is 1. The third-order valence-corrected chi connectivity index (χ3v) is 6.40. The molecule has 0 amide bonds. The third-order valence-electron chi connectivity index (χ3n) is 5.90. The van der Waals surface area contributed by atoms with Crippen LogP contribution in [0.1, 0.15) is 12.8 Å². The Morgan fingerprint density at radius 1 is 1.09 bits per heavy atom. The molecule has 33 heavy (non-hydrogen) atoms. The van der Waals surface area contributed by atoms with Crippen LogP contribution in [0.2, 0.25) is 0 Å². The highest BCUT2D eigenvalue weighted by Crippen LogP contribution is 2.35. The Labute approximate surface area is 202 Å². The normalized spacial score (nSPS) is 15.6. The van der Waals surface area contributed by atoms with Crippen molar-refractivity contribution < 1.29 is 18.9 Å². The standard InChI is InChI=1S/C24H29BrN4O4/c1-30-21-14-20-19(23(27-16-26-20)28-18-7-4-6-17(25)12-18)13-22(21)33-11-5-9-29-10-8-24(15-29,31-2)32-3/h4,6-7,12-14,16H,5,8-11,15H2,1-3H3,(H,26,27,28). The van der Waals surface area contributed by atoms with E-state index in [9.17, 15) is 0 Å². The van der Waals surface area contributed by atoms with Crippen molar-refractivity contribution in [2.75, 3.05) is 52.9 Å². The van der Waals surface area contributed by atoms with Crippen molar-refractivity contribution in [3.8, 4) is 11.5 Å². The van der Waals surface area contributed by atoms with Crippen molar-refractivity contribution in [1.82, 2.24) is 14.9 Å². The van der Waals surface area contributed by atoms with Gasteiger partial charge in [0.1, 0.15) is 12.1 Å². The second-order valence-corrected chi connectivity index (χ2v) is 8.84. The zero-order chi connectivity index (χ0) is 23.3. The van der Waals surface area contributed by atoms with Crippen molar-refractivity contribution in [2.45, 2.75) is 18.6 Å². The van der Waals surface area contributed by atoms with Gasteiger partial charge in [0.2, 0.25) is 0 Å². The van der Waals surface area contributed by atoms with E-state index in [1.165, 1.54) is 0 Å². The lowest BCUT2D eigenvalue weighted by Crippen LogP contribution is -2.37. The molecule has 0 unspecified atom stereocenters. The fourth-order valence-electron chi connectivity index (χ4n) is 4.04. The maximum atomic E-state index is 6.12. The van der Waals surface area contributed by atoms with Gasteiger partial charge in [0, 0.05) is 55.3 Å². The van der Waals surface area contributed by atoms with E-state index < -0.39 is 5.79 Å². The van der Waals surface area contributed by atoms with Gasteiger partial charge in [-0.1, -0.05) is 22.0 Å². The fraction of sp³-hybridized carbons (Fsp3) is 0.417. The Morgan fingerprint density at radius 3 is 2.67 bits per heavy atom. The van der Waals surface area contributed by atoms with E-state index in [-0.39, 0.29) is 0 Å². The number of ether oxygens (including phenoxy) is 4. The zero-order valence-corrected chi connectivity index (χ0v) is 20.7. The lowest BCUT2D eigenvalue weighted by atomic mass is 10.2. The molecule has 8 nitrogen and oxygen atoms in total. The van der Waals surface area contributed by atoms with Crippen LogP contribution in [-0.4, -0.2) is 68.2 Å². The van der Waals surface area contributed by atoms with E-state index >= 15 is 0 Å². The number of hydrogen-bond acceptors (Lipinski definition) is 8. The van der Waals surface area contributed by atoms with E-state index in [1.807, 2.05) is 36.4 Å². The summed E-state index contributed by atoms with van der Waals surface area (Å²) in [4.78, 5) is 11.2. The molecule has 0 bridgehead atoms. The molecule has 9 heteroatoms. The second kappa shape index (κ2) is 10.6. The number of anilines is 2. The second-order valence-electron chi connectivity index (χ2n) is 7.92. The summed E-state index contributed by atoms with van der Waals surface area (Å²) in [7, 11) is 5.03. The first-order valence-corrected chi connectivity index (χ1v) is 11.7. The maximum absolute atomic E-state index is 6.12. The molecular weight excluding hydrogens is 488 g/mol. The molecule has 3 aromatic rings. The Kier molecular flexibility index (Phi) is 7.64. The predicted octanol–water partition coefficient (Wildman–Crippen LogP) is 4.61. The van der Waals surface area contributed by atoms with Crippen LogP contribution < -0.4 is 14.8 Å². The molecule has 0 aliphatic carbocycles. The minimum absolute atomic E-state index is 0.486. The van der Waals surface area contributed by atoms with Crippen LogP contribution in [0, 0.1) is 0 Å². The van der Waals surface area contributed by atoms with Gasteiger partial charge in [0.15, 0.2) is 17.3 Å². The van der Waals surface area contributed by atoms with Crippen LogP contribution in [0.25, 0.3) is 10.9 Å². The summed E-state index contributed by atoms with van der Waals surface area (Å²) in [5.74, 6) is 1.54. The lowest BCUT2D eigenvalue weighted by Gasteiger charge is -2.26. The molecule has 176 valence electrons. The molecular formula is C24H29BrN4O4. The van der Waals surface area contributed by atoms with Crippen molar-refractivity contribution in [1.29, 1.82) is 0 Å². The molecule has 1 aromatic heterocycles. The minimum Gasteiger partial charge on any atom is -0.493 e. The summed E-state index contributed by atoms with van der Waals surface area (Å²) in [6, 6.07) is 11.7. The number of hydrogen-bond donors (Lipinski definition) is 1. The van der Waals surface area contributed by atoms with Crippen LogP contribution >= 0.6 is 15.9 Å². The molecule has 1 aliphatic rings. The van der Waals surface area contributed by atoms with Crippen molar-refractivity contribution in [2.24, 2.45) is 0 Å². The van der Waals surface area contributed by atoms with E-state index in [0.717, 1.165) is 53.5 Å². The number of benzene rings is 2. The van der Waals surface area contributed by atoms with Gasteiger partial charge in [-0.3, -0.25) is 4.90 Å². The summed E-state index contributed by atoms with van der Waals surface area (Å²) in [5.41, 5.74) is 1.70. The molecule has 2 heterocycles. The van der Waals surface area contributed by atoms with E-state index in [0.29, 0.717) is 23.9 Å². The maximum Gasteiger partial charge on any atom is 0.181 e. The molecule has 0 radical (unpaired) electrons. The van der Waals surface area contributed by atoms with Gasteiger partial charge >= 0.3 is 0 Å². The predicted molar refractivity (Wildman–Crippen MR) is 131 cm³/mol. The number of rotatable bonds is 10. The molecule has 2 aromatic carbocycles. The van der Waals surface area contributed by atoms with Crippen molar-refractivity contribution in [3.63, 3.8) is 0 Å². The van der Waals surface area contributed by atoms with E-state index in [4.69, 9.17) is 18.9 Å². The van der Waals surface area contributed by atoms with Gasteiger partial charge in [-0.2, -0.15) is 0 Å². The molecule has 0 saturated carbocycles. The summed E-state index contributed by atoms with van der Waals surface area (Å²) in [6.07, 6.45) is 3.28. The zero-order valence-electron chi connectivity index (χ0n) is 19.1. The molecule has 4 rings (SSSR count). The number of aromatic nitrogens is 2. The molecule has 0 spiro atoms. The molecule has 1 fully saturated rings. The first kappa shape index (κ1) is 23.7. The molecule has 1 aliphatic heterocycles. The summed E-state index contributed by atoms with van der Waals surface area (Å²) in [6.45, 7) is 3.18. The Balaban J connectivity index is 1.44. The first-order chi connectivity index (χ1) is 16.1. The number of halogens is 1.